The lowest BCUT2D eigenvalue weighted by atomic mass is 10.1. The molecule has 0 fully saturated rings. The fourth-order valence-electron chi connectivity index (χ4n) is 1.96. The van der Waals surface area contributed by atoms with Crippen LogP contribution in [-0.2, 0) is 0 Å². The number of hydrogen-bond donors (Lipinski definition) is 2. The van der Waals surface area contributed by atoms with Crippen molar-refractivity contribution in [3.8, 4) is 0 Å². The number of para-hydroxylation sites is 1. The van der Waals surface area contributed by atoms with E-state index in [2.05, 4.69) is 9.98 Å². The zero-order chi connectivity index (χ0) is 12.5. The summed E-state index contributed by atoms with van der Waals surface area (Å²) < 4.78 is 0. The molecule has 1 aliphatic rings. The Morgan fingerprint density at radius 3 is 2.47 bits per heavy atom. The second kappa shape index (κ2) is 4.08. The number of nitrogens with two attached hydrogens (primary N) is 2. The summed E-state index contributed by atoms with van der Waals surface area (Å²) in [4.78, 5) is 10.3. The van der Waals surface area contributed by atoms with Gasteiger partial charge in [0.2, 0.25) is 11.9 Å². The predicted molar refractivity (Wildman–Crippen MR) is 70.9 cm³/mol. The van der Waals surface area contributed by atoms with Crippen molar-refractivity contribution in [1.29, 1.82) is 0 Å². The molecule has 0 saturated heterocycles. The lowest BCUT2D eigenvalue weighted by Crippen LogP contribution is -2.55. The second-order valence-electron chi connectivity index (χ2n) is 4.18. The predicted octanol–water partition coefficient (Wildman–Crippen LogP) is 1.26. The normalized spacial score (nSPS) is 24.2. The molecule has 1 aromatic rings. The van der Waals surface area contributed by atoms with E-state index in [9.17, 15) is 0 Å². The number of nitrogens with zero attached hydrogens (tertiary/aromatic N) is 3. The van der Waals surface area contributed by atoms with Gasteiger partial charge in [0.05, 0.1) is 0 Å². The summed E-state index contributed by atoms with van der Waals surface area (Å²) in [7, 11) is 0. The molecule has 4 N–H and O–H groups in total. The minimum Gasteiger partial charge on any atom is -0.369 e. The molecule has 2 rings (SSSR count). The van der Waals surface area contributed by atoms with Crippen LogP contribution < -0.4 is 16.4 Å². The maximum atomic E-state index is 5.97. The van der Waals surface area contributed by atoms with Crippen LogP contribution in [0.25, 0.3) is 0 Å². The van der Waals surface area contributed by atoms with E-state index in [0.717, 1.165) is 12.1 Å². The highest BCUT2D eigenvalue weighted by molar-refractivity contribution is 6.05. The number of anilines is 1. The van der Waals surface area contributed by atoms with Crippen LogP contribution in [0.2, 0.25) is 0 Å². The maximum absolute atomic E-state index is 5.97. The van der Waals surface area contributed by atoms with Crippen LogP contribution in [0.1, 0.15) is 20.3 Å². The van der Waals surface area contributed by atoms with Gasteiger partial charge >= 0.3 is 0 Å². The van der Waals surface area contributed by atoms with Crippen molar-refractivity contribution < 1.29 is 0 Å². The quantitative estimate of drug-likeness (QED) is 0.804. The van der Waals surface area contributed by atoms with Gasteiger partial charge in [-0.15, -0.1) is 0 Å². The maximum Gasteiger partial charge on any atom is 0.220 e. The first-order valence-electron chi connectivity index (χ1n) is 5.61. The first-order chi connectivity index (χ1) is 8.07. The van der Waals surface area contributed by atoms with Gasteiger partial charge in [0.25, 0.3) is 0 Å². The molecule has 0 aromatic heterocycles. The van der Waals surface area contributed by atoms with E-state index in [0.29, 0.717) is 5.96 Å². The molecule has 5 nitrogen and oxygen atoms in total. The van der Waals surface area contributed by atoms with Gasteiger partial charge < -0.3 is 11.5 Å². The van der Waals surface area contributed by atoms with E-state index in [-0.39, 0.29) is 5.96 Å². The largest absolute Gasteiger partial charge is 0.369 e. The van der Waals surface area contributed by atoms with Crippen molar-refractivity contribution in [2.24, 2.45) is 21.5 Å². The van der Waals surface area contributed by atoms with E-state index < -0.39 is 5.66 Å². The van der Waals surface area contributed by atoms with Crippen molar-refractivity contribution >= 4 is 17.6 Å². The Bertz CT molecular complexity index is 465. The minimum absolute atomic E-state index is 0.235. The first-order valence-corrected chi connectivity index (χ1v) is 5.61. The molecule has 0 amide bonds. The Hall–Kier alpha value is -2.04. The molecule has 0 aliphatic carbocycles. The van der Waals surface area contributed by atoms with Gasteiger partial charge in [-0.05, 0) is 25.5 Å². The van der Waals surface area contributed by atoms with Crippen molar-refractivity contribution in [1.82, 2.24) is 0 Å². The van der Waals surface area contributed by atoms with Crippen LogP contribution in [-0.4, -0.2) is 17.6 Å². The average Bonchev–Trinajstić information content (AvgIpc) is 2.29. The van der Waals surface area contributed by atoms with Crippen LogP contribution in [0, 0.1) is 0 Å². The minimum atomic E-state index is -0.475. The molecule has 0 saturated carbocycles. The van der Waals surface area contributed by atoms with E-state index in [1.807, 2.05) is 49.1 Å². The molecule has 1 aromatic carbocycles. The van der Waals surface area contributed by atoms with Gasteiger partial charge in [0.1, 0.15) is 5.66 Å². The molecule has 1 aliphatic heterocycles. The molecule has 90 valence electrons. The Balaban J connectivity index is 2.49. The van der Waals surface area contributed by atoms with Gasteiger partial charge in [-0.2, -0.15) is 4.99 Å². The van der Waals surface area contributed by atoms with E-state index in [1.54, 1.807) is 0 Å². The number of aliphatic imine (C=N–C) groups is 2. The number of benzene rings is 1. The second-order valence-corrected chi connectivity index (χ2v) is 4.18. The van der Waals surface area contributed by atoms with Crippen LogP contribution in [0.5, 0.6) is 0 Å². The fraction of sp³-hybridized carbons (Fsp3) is 0.333. The van der Waals surface area contributed by atoms with Gasteiger partial charge in [-0.25, -0.2) is 4.99 Å². The summed E-state index contributed by atoms with van der Waals surface area (Å²) in [6.07, 6.45) is 0.790. The van der Waals surface area contributed by atoms with Gasteiger partial charge in [0, 0.05) is 5.69 Å². The van der Waals surface area contributed by atoms with Crippen LogP contribution in [0.15, 0.2) is 40.3 Å². The topological polar surface area (TPSA) is 80.0 Å². The van der Waals surface area contributed by atoms with Crippen LogP contribution in [0.4, 0.5) is 5.69 Å². The Kier molecular flexibility index (Phi) is 2.75. The average molecular weight is 231 g/mol. The van der Waals surface area contributed by atoms with Crippen molar-refractivity contribution in [3.05, 3.63) is 30.3 Å². The summed E-state index contributed by atoms with van der Waals surface area (Å²) in [5.41, 5.74) is 12.1. The molecule has 17 heavy (non-hydrogen) atoms. The van der Waals surface area contributed by atoms with E-state index in [1.165, 1.54) is 0 Å². The third-order valence-electron chi connectivity index (χ3n) is 2.98. The SMILES string of the molecule is CCC1(C)N=C(N)N=C(N)N1c1ccccc1. The number of guanidine groups is 2. The highest BCUT2D eigenvalue weighted by Gasteiger charge is 2.35. The first kappa shape index (κ1) is 11.4. The smallest absolute Gasteiger partial charge is 0.220 e. The van der Waals surface area contributed by atoms with E-state index >= 15 is 0 Å². The standard InChI is InChI=1S/C12H17N5/c1-3-12(2)16-10(13)15-11(14)17(12)9-7-5-4-6-8-9/h4-8H,3H2,1-2H3,(H4,13,14,15,16). The Labute approximate surface area is 101 Å². The van der Waals surface area contributed by atoms with Crippen molar-refractivity contribution in [3.63, 3.8) is 0 Å². The van der Waals surface area contributed by atoms with Crippen molar-refractivity contribution in [2.45, 2.75) is 25.9 Å². The highest BCUT2D eigenvalue weighted by Crippen LogP contribution is 2.29. The molecule has 5 heteroatoms. The molecule has 0 bridgehead atoms. The highest BCUT2D eigenvalue weighted by atomic mass is 15.4. The fourth-order valence-corrected chi connectivity index (χ4v) is 1.96. The third kappa shape index (κ3) is 1.95. The molecule has 0 spiro atoms. The summed E-state index contributed by atoms with van der Waals surface area (Å²) in [6.45, 7) is 4.04. The van der Waals surface area contributed by atoms with E-state index in [4.69, 9.17) is 11.5 Å². The molecular weight excluding hydrogens is 214 g/mol. The Morgan fingerprint density at radius 2 is 1.88 bits per heavy atom. The number of rotatable bonds is 2. The zero-order valence-corrected chi connectivity index (χ0v) is 10.1. The Morgan fingerprint density at radius 1 is 1.24 bits per heavy atom. The lowest BCUT2D eigenvalue weighted by molar-refractivity contribution is 0.466. The van der Waals surface area contributed by atoms with Crippen molar-refractivity contribution in [2.75, 3.05) is 4.90 Å². The summed E-state index contributed by atoms with van der Waals surface area (Å²) in [6, 6.07) is 9.84. The summed E-state index contributed by atoms with van der Waals surface area (Å²) in [5.74, 6) is 0.618. The molecule has 1 heterocycles. The zero-order valence-electron chi connectivity index (χ0n) is 10.1. The van der Waals surface area contributed by atoms with Gasteiger partial charge in [-0.3, -0.25) is 4.90 Å². The summed E-state index contributed by atoms with van der Waals surface area (Å²) in [5, 5.41) is 0. The lowest BCUT2D eigenvalue weighted by Gasteiger charge is -2.40. The van der Waals surface area contributed by atoms with Crippen LogP contribution in [0.3, 0.4) is 0 Å². The molecule has 0 radical (unpaired) electrons. The van der Waals surface area contributed by atoms with Crippen LogP contribution >= 0.6 is 0 Å². The monoisotopic (exact) mass is 231 g/mol. The van der Waals surface area contributed by atoms with Gasteiger partial charge in [0.15, 0.2) is 0 Å². The molecular formula is C12H17N5. The number of hydrogen-bond acceptors (Lipinski definition) is 5. The van der Waals surface area contributed by atoms with Gasteiger partial charge in [-0.1, -0.05) is 25.1 Å². The molecule has 1 unspecified atom stereocenters. The summed E-state index contributed by atoms with van der Waals surface area (Å²) >= 11 is 0. The third-order valence-corrected chi connectivity index (χ3v) is 2.98. The molecule has 1 atom stereocenters.